The molecule has 2 heterocycles. The van der Waals surface area contributed by atoms with Crippen LogP contribution in [0.5, 0.6) is 17.2 Å². The molecule has 3 N–H and O–H groups in total. The molecule has 1 unspecified atom stereocenters. The summed E-state index contributed by atoms with van der Waals surface area (Å²) in [5.74, 6) is 1.29. The predicted molar refractivity (Wildman–Crippen MR) is 123 cm³/mol. The molecule has 33 heavy (non-hydrogen) atoms. The third-order valence-corrected chi connectivity index (χ3v) is 7.09. The van der Waals surface area contributed by atoms with Crippen molar-refractivity contribution in [3.05, 3.63) is 65.2 Å². The van der Waals surface area contributed by atoms with Crippen LogP contribution in [0.2, 0.25) is 0 Å². The molecule has 0 fully saturated rings. The van der Waals surface area contributed by atoms with Crippen LogP contribution >= 0.6 is 0 Å². The SMILES string of the molecule is COc1ccc2c3c1O[C@H]1C[C@@H](OC(=O)[C@@H](N)Cc4ccc(O)cc4)C=CC31CCN(C)C2. The zero-order valence-corrected chi connectivity index (χ0v) is 19.0. The molecule has 0 amide bonds. The van der Waals surface area contributed by atoms with E-state index in [0.29, 0.717) is 12.8 Å². The molecule has 0 saturated carbocycles. The van der Waals surface area contributed by atoms with E-state index < -0.39 is 18.1 Å². The zero-order chi connectivity index (χ0) is 23.2. The number of nitrogens with zero attached hydrogens (tertiary/aromatic N) is 1. The summed E-state index contributed by atoms with van der Waals surface area (Å²) >= 11 is 0. The molecule has 0 saturated heterocycles. The molecular formula is C26H30N2O5. The first-order valence-corrected chi connectivity index (χ1v) is 11.4. The Morgan fingerprint density at radius 2 is 2.09 bits per heavy atom. The third kappa shape index (κ3) is 3.85. The number of rotatable bonds is 5. The fraction of sp³-hybridized carbons (Fsp3) is 0.423. The van der Waals surface area contributed by atoms with Crippen molar-refractivity contribution in [2.45, 2.75) is 49.5 Å². The summed E-state index contributed by atoms with van der Waals surface area (Å²) in [6, 6.07) is 10.0. The molecule has 5 rings (SSSR count). The Balaban J connectivity index is 1.35. The Hall–Kier alpha value is -3.03. The topological polar surface area (TPSA) is 94.2 Å². The van der Waals surface area contributed by atoms with Crippen molar-refractivity contribution in [1.29, 1.82) is 0 Å². The normalized spacial score (nSPS) is 26.5. The van der Waals surface area contributed by atoms with E-state index in [-0.39, 0.29) is 17.3 Å². The molecule has 4 atom stereocenters. The standard InChI is InChI=1S/C26H30N2O5/c1-28-12-11-26-10-9-19(32-25(30)20(27)13-16-3-6-18(29)7-4-16)14-22(26)33-24-21(31-2)8-5-17(15-28)23(24)26/h3-10,19-20,22,29H,11-15,27H2,1-2H3/t19-,20-,22-,26?/m0/s1. The van der Waals surface area contributed by atoms with Crippen molar-refractivity contribution < 1.29 is 24.1 Å². The lowest BCUT2D eigenvalue weighted by atomic mass is 9.69. The number of benzene rings is 2. The Bertz CT molecular complexity index is 1080. The van der Waals surface area contributed by atoms with E-state index in [9.17, 15) is 9.90 Å². The molecule has 1 spiro atoms. The third-order valence-electron chi connectivity index (χ3n) is 7.09. The number of carbonyl (C=O) groups excluding carboxylic acids is 1. The first kappa shape index (κ1) is 21.8. The maximum Gasteiger partial charge on any atom is 0.323 e. The van der Waals surface area contributed by atoms with Gasteiger partial charge >= 0.3 is 5.97 Å². The first-order chi connectivity index (χ1) is 15.9. The van der Waals surface area contributed by atoms with Crippen molar-refractivity contribution in [2.24, 2.45) is 5.73 Å². The lowest BCUT2D eigenvalue weighted by Crippen LogP contribution is -2.45. The fourth-order valence-electron chi connectivity index (χ4n) is 5.36. The molecule has 3 aliphatic rings. The van der Waals surface area contributed by atoms with Crippen LogP contribution in [-0.2, 0) is 27.9 Å². The number of methoxy groups -OCH3 is 1. The zero-order valence-electron chi connectivity index (χ0n) is 19.0. The number of carbonyl (C=O) groups is 1. The van der Waals surface area contributed by atoms with Crippen LogP contribution in [0.4, 0.5) is 0 Å². The quantitative estimate of drug-likeness (QED) is 0.534. The number of nitrogens with two attached hydrogens (primary N) is 1. The average Bonchev–Trinajstić information content (AvgIpc) is 3.06. The molecule has 2 aromatic rings. The van der Waals surface area contributed by atoms with E-state index >= 15 is 0 Å². The van der Waals surface area contributed by atoms with E-state index in [1.54, 1.807) is 31.4 Å². The number of hydrogen-bond acceptors (Lipinski definition) is 7. The summed E-state index contributed by atoms with van der Waals surface area (Å²) in [5, 5.41) is 9.43. The largest absolute Gasteiger partial charge is 0.508 e. The second-order valence-electron chi connectivity index (χ2n) is 9.31. The molecule has 0 bridgehead atoms. The van der Waals surface area contributed by atoms with Gasteiger partial charge in [-0.25, -0.2) is 0 Å². The molecule has 0 radical (unpaired) electrons. The van der Waals surface area contributed by atoms with Gasteiger partial charge in [-0.15, -0.1) is 0 Å². The smallest absolute Gasteiger partial charge is 0.323 e. The van der Waals surface area contributed by atoms with E-state index in [0.717, 1.165) is 36.6 Å². The van der Waals surface area contributed by atoms with Gasteiger partial charge in [-0.1, -0.05) is 24.3 Å². The molecular weight excluding hydrogens is 420 g/mol. The van der Waals surface area contributed by atoms with Gasteiger partial charge in [-0.2, -0.15) is 0 Å². The minimum atomic E-state index is -0.779. The predicted octanol–water partition coefficient (Wildman–Crippen LogP) is 2.68. The Morgan fingerprint density at radius 1 is 1.30 bits per heavy atom. The number of ether oxygens (including phenoxy) is 3. The van der Waals surface area contributed by atoms with E-state index in [1.807, 2.05) is 12.1 Å². The number of aromatic hydroxyl groups is 1. The summed E-state index contributed by atoms with van der Waals surface area (Å²) < 4.78 is 17.9. The monoisotopic (exact) mass is 450 g/mol. The number of phenols is 1. The maximum atomic E-state index is 12.7. The number of phenolic OH excluding ortho intramolecular Hbond substituents is 1. The van der Waals surface area contributed by atoms with Crippen molar-refractivity contribution in [1.82, 2.24) is 4.90 Å². The van der Waals surface area contributed by atoms with Crippen molar-refractivity contribution >= 4 is 5.97 Å². The van der Waals surface area contributed by atoms with Gasteiger partial charge in [0.25, 0.3) is 0 Å². The van der Waals surface area contributed by atoms with Crippen molar-refractivity contribution in [2.75, 3.05) is 20.7 Å². The van der Waals surface area contributed by atoms with E-state index in [1.165, 1.54) is 11.1 Å². The number of hydrogen-bond donors (Lipinski definition) is 2. The number of esters is 1. The highest BCUT2D eigenvalue weighted by atomic mass is 16.6. The van der Waals surface area contributed by atoms with Gasteiger partial charge in [-0.05, 0) is 61.8 Å². The van der Waals surface area contributed by atoms with Crippen LogP contribution in [0.3, 0.4) is 0 Å². The molecule has 2 aliphatic heterocycles. The molecule has 0 aromatic heterocycles. The fourth-order valence-corrected chi connectivity index (χ4v) is 5.36. The van der Waals surface area contributed by atoms with Gasteiger partial charge in [0.1, 0.15) is 24.0 Å². The molecule has 2 aromatic carbocycles. The second-order valence-corrected chi connectivity index (χ2v) is 9.31. The van der Waals surface area contributed by atoms with Gasteiger partial charge in [-0.3, -0.25) is 4.79 Å². The molecule has 7 heteroatoms. The highest BCUT2D eigenvalue weighted by molar-refractivity contribution is 5.76. The summed E-state index contributed by atoms with van der Waals surface area (Å²) in [7, 11) is 3.80. The van der Waals surface area contributed by atoms with Crippen LogP contribution in [0, 0.1) is 0 Å². The maximum absolute atomic E-state index is 12.7. The summed E-state index contributed by atoms with van der Waals surface area (Å²) in [6.45, 7) is 1.81. The van der Waals surface area contributed by atoms with Gasteiger partial charge < -0.3 is 30.0 Å². The van der Waals surface area contributed by atoms with Crippen LogP contribution in [0.25, 0.3) is 0 Å². The van der Waals surface area contributed by atoms with Gasteiger partial charge in [0.05, 0.1) is 12.5 Å². The Morgan fingerprint density at radius 3 is 2.85 bits per heavy atom. The van der Waals surface area contributed by atoms with Crippen molar-refractivity contribution in [3.8, 4) is 17.2 Å². The average molecular weight is 451 g/mol. The summed E-state index contributed by atoms with van der Waals surface area (Å²) in [5.41, 5.74) is 9.20. The summed E-state index contributed by atoms with van der Waals surface area (Å²) in [4.78, 5) is 15.0. The minimum Gasteiger partial charge on any atom is -0.508 e. The Kier molecular flexibility index (Phi) is 5.54. The Labute approximate surface area is 193 Å². The molecule has 7 nitrogen and oxygen atoms in total. The van der Waals surface area contributed by atoms with E-state index in [2.05, 4.69) is 24.1 Å². The van der Waals surface area contributed by atoms with Crippen LogP contribution in [0.1, 0.15) is 29.5 Å². The van der Waals surface area contributed by atoms with Crippen LogP contribution in [0.15, 0.2) is 48.6 Å². The lowest BCUT2D eigenvalue weighted by molar-refractivity contribution is -0.150. The lowest BCUT2D eigenvalue weighted by Gasteiger charge is -2.37. The van der Waals surface area contributed by atoms with Gasteiger partial charge in [0.2, 0.25) is 0 Å². The van der Waals surface area contributed by atoms with Gasteiger partial charge in [0, 0.05) is 18.5 Å². The molecule has 174 valence electrons. The van der Waals surface area contributed by atoms with Gasteiger partial charge in [0.15, 0.2) is 11.5 Å². The van der Waals surface area contributed by atoms with Crippen LogP contribution < -0.4 is 15.2 Å². The highest BCUT2D eigenvalue weighted by Gasteiger charge is 2.53. The van der Waals surface area contributed by atoms with Crippen molar-refractivity contribution in [3.63, 3.8) is 0 Å². The molecule has 1 aliphatic carbocycles. The minimum absolute atomic E-state index is 0.134. The van der Waals surface area contributed by atoms with Crippen LogP contribution in [-0.4, -0.2) is 54.9 Å². The summed E-state index contributed by atoms with van der Waals surface area (Å²) in [6.07, 6.45) is 5.48. The second kappa shape index (κ2) is 8.39. The van der Waals surface area contributed by atoms with E-state index in [4.69, 9.17) is 19.9 Å². The first-order valence-electron chi connectivity index (χ1n) is 11.4. The highest BCUT2D eigenvalue weighted by Crippen LogP contribution is 2.55.